The summed E-state index contributed by atoms with van der Waals surface area (Å²) in [5, 5.41) is 4.71. The van der Waals surface area contributed by atoms with E-state index in [0.29, 0.717) is 18.0 Å². The first kappa shape index (κ1) is 19.1. The van der Waals surface area contributed by atoms with Crippen molar-refractivity contribution in [3.63, 3.8) is 0 Å². The average Bonchev–Trinajstić information content (AvgIpc) is 2.97. The maximum Gasteiger partial charge on any atom is 0.199 e. The zero-order valence-corrected chi connectivity index (χ0v) is 16.6. The monoisotopic (exact) mass is 384 g/mol. The molecule has 27 heavy (non-hydrogen) atoms. The molecule has 6 nitrogen and oxygen atoms in total. The van der Waals surface area contributed by atoms with Crippen LogP contribution in [-0.4, -0.2) is 46.6 Å². The molecule has 0 radical (unpaired) electrons. The van der Waals surface area contributed by atoms with Crippen LogP contribution in [0.1, 0.15) is 0 Å². The highest BCUT2D eigenvalue weighted by atomic mass is 32.1. The summed E-state index contributed by atoms with van der Waals surface area (Å²) in [5.74, 6) is 2.43. The van der Waals surface area contributed by atoms with Crippen LogP contribution in [0.3, 0.4) is 0 Å². The van der Waals surface area contributed by atoms with Crippen molar-refractivity contribution in [2.24, 2.45) is 7.05 Å². The smallest absolute Gasteiger partial charge is 0.199 e. The third-order valence-corrected chi connectivity index (χ3v) is 4.73. The van der Waals surface area contributed by atoms with Gasteiger partial charge in [0.05, 0.1) is 19.3 Å². The molecule has 0 saturated heterocycles. The lowest BCUT2D eigenvalue weighted by molar-refractivity contribution is 0.198. The predicted molar refractivity (Wildman–Crippen MR) is 109 cm³/mol. The number of aromatic nitrogens is 3. The number of rotatable bonds is 8. The van der Waals surface area contributed by atoms with Gasteiger partial charge >= 0.3 is 0 Å². The van der Waals surface area contributed by atoms with Crippen LogP contribution in [0, 0.1) is 4.77 Å². The van der Waals surface area contributed by atoms with E-state index in [1.807, 2.05) is 77.9 Å². The summed E-state index contributed by atoms with van der Waals surface area (Å²) in [6, 6.07) is 17.6. The summed E-state index contributed by atoms with van der Waals surface area (Å²) in [5.41, 5.74) is 0.919. The van der Waals surface area contributed by atoms with Gasteiger partial charge in [0.2, 0.25) is 0 Å². The van der Waals surface area contributed by atoms with E-state index in [0.717, 1.165) is 29.4 Å². The van der Waals surface area contributed by atoms with Crippen LogP contribution in [0.2, 0.25) is 0 Å². The zero-order valence-electron chi connectivity index (χ0n) is 15.8. The highest BCUT2D eigenvalue weighted by Gasteiger charge is 2.14. The highest BCUT2D eigenvalue weighted by molar-refractivity contribution is 7.71. The lowest BCUT2D eigenvalue weighted by atomic mass is 10.2. The van der Waals surface area contributed by atoms with Crippen LogP contribution < -0.4 is 9.47 Å². The first-order valence-corrected chi connectivity index (χ1v) is 9.14. The topological polar surface area (TPSA) is 44.4 Å². The summed E-state index contributed by atoms with van der Waals surface area (Å²) in [4.78, 5) is 2.12. The second kappa shape index (κ2) is 8.83. The molecule has 0 amide bonds. The van der Waals surface area contributed by atoms with Gasteiger partial charge in [0, 0.05) is 13.6 Å². The number of ether oxygens (including phenoxy) is 2. The minimum atomic E-state index is 0.583. The molecular formula is C20H24N4O2S. The van der Waals surface area contributed by atoms with Crippen LogP contribution in [0.4, 0.5) is 0 Å². The molecule has 0 fully saturated rings. The Bertz CT molecular complexity index is 937. The van der Waals surface area contributed by atoms with Gasteiger partial charge in [-0.2, -0.15) is 5.10 Å². The van der Waals surface area contributed by atoms with Gasteiger partial charge in [0.25, 0.3) is 0 Å². The van der Waals surface area contributed by atoms with Gasteiger partial charge in [-0.15, -0.1) is 0 Å². The second-order valence-corrected chi connectivity index (χ2v) is 6.61. The van der Waals surface area contributed by atoms with Crippen LogP contribution in [0.15, 0.2) is 54.6 Å². The number of methoxy groups -OCH3 is 1. The Morgan fingerprint density at radius 3 is 2.52 bits per heavy atom. The summed E-state index contributed by atoms with van der Waals surface area (Å²) in [6.45, 7) is 1.94. The molecule has 0 spiro atoms. The summed E-state index contributed by atoms with van der Waals surface area (Å²) in [6.07, 6.45) is 0. The lowest BCUT2D eigenvalue weighted by Crippen LogP contribution is -2.27. The fourth-order valence-electron chi connectivity index (χ4n) is 2.78. The average molecular weight is 385 g/mol. The molecule has 0 bridgehead atoms. The largest absolute Gasteiger partial charge is 0.496 e. The molecule has 1 aromatic heterocycles. The Hall–Kier alpha value is -2.64. The summed E-state index contributed by atoms with van der Waals surface area (Å²) < 4.78 is 15.6. The number of para-hydroxylation sites is 2. The van der Waals surface area contributed by atoms with E-state index in [1.54, 1.807) is 7.11 Å². The Labute approximate surface area is 164 Å². The Kier molecular flexibility index (Phi) is 6.26. The second-order valence-electron chi connectivity index (χ2n) is 6.25. The van der Waals surface area contributed by atoms with Gasteiger partial charge in [0.15, 0.2) is 10.6 Å². The molecule has 0 unspecified atom stereocenters. The van der Waals surface area contributed by atoms with Crippen molar-refractivity contribution in [1.82, 2.24) is 19.2 Å². The van der Waals surface area contributed by atoms with Gasteiger partial charge in [-0.05, 0) is 43.5 Å². The maximum atomic E-state index is 5.75. The van der Waals surface area contributed by atoms with Gasteiger partial charge in [-0.25, -0.2) is 4.68 Å². The number of likely N-dealkylation sites (N-methyl/N-ethyl adjacent to an activating group) is 1. The summed E-state index contributed by atoms with van der Waals surface area (Å²) >= 11 is 5.57. The fraction of sp³-hybridized carbons (Fsp3) is 0.300. The van der Waals surface area contributed by atoms with Gasteiger partial charge < -0.3 is 14.0 Å². The zero-order chi connectivity index (χ0) is 19.2. The molecule has 0 aliphatic heterocycles. The van der Waals surface area contributed by atoms with E-state index in [-0.39, 0.29) is 0 Å². The highest BCUT2D eigenvalue weighted by Crippen LogP contribution is 2.28. The van der Waals surface area contributed by atoms with E-state index in [1.165, 1.54) is 0 Å². The molecule has 0 atom stereocenters. The van der Waals surface area contributed by atoms with E-state index in [4.69, 9.17) is 26.8 Å². The van der Waals surface area contributed by atoms with Crippen molar-refractivity contribution in [3.8, 4) is 22.9 Å². The first-order valence-electron chi connectivity index (χ1n) is 8.73. The minimum absolute atomic E-state index is 0.583. The molecule has 142 valence electrons. The fourth-order valence-corrected chi connectivity index (χ4v) is 2.96. The molecule has 0 saturated carbocycles. The van der Waals surface area contributed by atoms with Crippen LogP contribution in [0.25, 0.3) is 11.4 Å². The third-order valence-electron chi connectivity index (χ3n) is 4.25. The standard InChI is InChI=1S/C20H24N4O2S/c1-22(13-14-26-16-9-5-4-6-10-16)15-24-20(27)23(2)19(21-24)17-11-7-8-12-18(17)25-3/h4-12H,13-15H2,1-3H3. The molecule has 3 rings (SSSR count). The van der Waals surface area contributed by atoms with E-state index in [2.05, 4.69) is 4.90 Å². The minimum Gasteiger partial charge on any atom is -0.496 e. The predicted octanol–water partition coefficient (Wildman–Crippen LogP) is 3.59. The lowest BCUT2D eigenvalue weighted by Gasteiger charge is -2.16. The third kappa shape index (κ3) is 4.56. The van der Waals surface area contributed by atoms with Crippen molar-refractivity contribution in [1.29, 1.82) is 0 Å². The normalized spacial score (nSPS) is 11.0. The molecule has 1 heterocycles. The van der Waals surface area contributed by atoms with Gasteiger partial charge in [-0.1, -0.05) is 30.3 Å². The molecule has 3 aromatic rings. The van der Waals surface area contributed by atoms with Gasteiger partial charge in [0.1, 0.15) is 18.1 Å². The number of nitrogens with zero attached hydrogens (tertiary/aromatic N) is 4. The van der Waals surface area contributed by atoms with E-state index < -0.39 is 0 Å². The Morgan fingerprint density at radius 1 is 1.07 bits per heavy atom. The van der Waals surface area contributed by atoms with Crippen LogP contribution >= 0.6 is 12.2 Å². The molecule has 0 aliphatic carbocycles. The first-order chi connectivity index (χ1) is 13.1. The SMILES string of the molecule is COc1ccccc1-c1nn(CN(C)CCOc2ccccc2)c(=S)n1C. The molecule has 0 N–H and O–H groups in total. The number of hydrogen-bond donors (Lipinski definition) is 0. The quantitative estimate of drug-likeness (QED) is 0.555. The van der Waals surface area contributed by atoms with Crippen LogP contribution in [-0.2, 0) is 13.7 Å². The van der Waals surface area contributed by atoms with E-state index in [9.17, 15) is 0 Å². The molecular weight excluding hydrogens is 360 g/mol. The molecule has 7 heteroatoms. The van der Waals surface area contributed by atoms with E-state index >= 15 is 0 Å². The van der Waals surface area contributed by atoms with Crippen molar-refractivity contribution in [2.45, 2.75) is 6.67 Å². The van der Waals surface area contributed by atoms with Crippen molar-refractivity contribution >= 4 is 12.2 Å². The molecule has 0 aliphatic rings. The maximum absolute atomic E-state index is 5.75. The Balaban J connectivity index is 1.68. The van der Waals surface area contributed by atoms with Gasteiger partial charge in [-0.3, -0.25) is 4.90 Å². The van der Waals surface area contributed by atoms with Crippen molar-refractivity contribution < 1.29 is 9.47 Å². The molecule has 2 aromatic carbocycles. The summed E-state index contributed by atoms with van der Waals surface area (Å²) in [7, 11) is 5.60. The number of hydrogen-bond acceptors (Lipinski definition) is 5. The van der Waals surface area contributed by atoms with Crippen LogP contribution in [0.5, 0.6) is 11.5 Å². The van der Waals surface area contributed by atoms with Crippen molar-refractivity contribution in [2.75, 3.05) is 27.3 Å². The number of benzene rings is 2. The Morgan fingerprint density at radius 2 is 1.78 bits per heavy atom. The van der Waals surface area contributed by atoms with Crippen molar-refractivity contribution in [3.05, 3.63) is 59.4 Å².